The molecule has 0 fully saturated rings. The van der Waals surface area contributed by atoms with E-state index in [2.05, 4.69) is 15.9 Å². The number of methoxy groups -OCH3 is 1. The third-order valence-corrected chi connectivity index (χ3v) is 5.32. The van der Waals surface area contributed by atoms with E-state index in [1.165, 1.54) is 0 Å². The normalized spacial score (nSPS) is 11.4. The molecule has 0 radical (unpaired) electrons. The van der Waals surface area contributed by atoms with Crippen molar-refractivity contribution < 1.29 is 14.3 Å². The zero-order chi connectivity index (χ0) is 19.6. The van der Waals surface area contributed by atoms with Gasteiger partial charge in [-0.3, -0.25) is 0 Å². The summed E-state index contributed by atoms with van der Waals surface area (Å²) in [6.07, 6.45) is 0. The highest BCUT2D eigenvalue weighted by Crippen LogP contribution is 2.44. The quantitative estimate of drug-likeness (QED) is 0.418. The predicted molar refractivity (Wildman–Crippen MR) is 113 cm³/mol. The van der Waals surface area contributed by atoms with Crippen LogP contribution >= 0.6 is 15.9 Å². The molecule has 4 aromatic rings. The van der Waals surface area contributed by atoms with Crippen LogP contribution in [0.3, 0.4) is 0 Å². The van der Waals surface area contributed by atoms with Crippen LogP contribution in [0.25, 0.3) is 11.3 Å². The lowest BCUT2D eigenvalue weighted by atomic mass is 9.79. The summed E-state index contributed by atoms with van der Waals surface area (Å²) in [5, 5.41) is 12.1. The number of furan rings is 1. The minimum atomic E-state index is -1.40. The van der Waals surface area contributed by atoms with Gasteiger partial charge in [0.2, 0.25) is 0 Å². The minimum absolute atomic E-state index is 0.346. The highest BCUT2D eigenvalue weighted by Gasteiger charge is 2.38. The Hall–Kier alpha value is -2.82. The van der Waals surface area contributed by atoms with E-state index in [0.717, 1.165) is 21.2 Å². The third kappa shape index (κ3) is 3.26. The van der Waals surface area contributed by atoms with Crippen LogP contribution in [-0.4, -0.2) is 12.2 Å². The third-order valence-electron chi connectivity index (χ3n) is 4.79. The zero-order valence-corrected chi connectivity index (χ0v) is 16.9. The summed E-state index contributed by atoms with van der Waals surface area (Å²) < 4.78 is 12.3. The van der Waals surface area contributed by atoms with Crippen LogP contribution in [0.5, 0.6) is 5.95 Å². The first kappa shape index (κ1) is 18.5. The van der Waals surface area contributed by atoms with E-state index in [1.807, 2.05) is 84.9 Å². The molecule has 1 N–H and O–H groups in total. The molecule has 0 aliphatic carbocycles. The Balaban J connectivity index is 2.00. The second-order valence-electron chi connectivity index (χ2n) is 6.46. The molecule has 0 aliphatic heterocycles. The van der Waals surface area contributed by atoms with Gasteiger partial charge >= 0.3 is 0 Å². The summed E-state index contributed by atoms with van der Waals surface area (Å²) in [5.41, 5.74) is 1.59. The topological polar surface area (TPSA) is 42.6 Å². The molecule has 0 atom stereocenters. The highest BCUT2D eigenvalue weighted by atomic mass is 79.9. The molecule has 0 aliphatic rings. The van der Waals surface area contributed by atoms with Crippen LogP contribution in [-0.2, 0) is 5.60 Å². The van der Waals surface area contributed by atoms with Gasteiger partial charge in [0.25, 0.3) is 5.95 Å². The van der Waals surface area contributed by atoms with Gasteiger partial charge in [0, 0.05) is 21.7 Å². The standard InChI is InChI=1S/C24H19BrO3/c1-27-22-16-21(23(28-22)17-12-14-20(25)15-13-17)24(26,18-8-4-2-5-9-18)19-10-6-3-7-11-19/h2-16,26H,1H3. The molecule has 1 heterocycles. The number of hydrogen-bond donors (Lipinski definition) is 1. The highest BCUT2D eigenvalue weighted by molar-refractivity contribution is 9.10. The second kappa shape index (κ2) is 7.66. The van der Waals surface area contributed by atoms with Crippen molar-refractivity contribution in [2.24, 2.45) is 0 Å². The van der Waals surface area contributed by atoms with Crippen molar-refractivity contribution in [3.05, 3.63) is 112 Å². The van der Waals surface area contributed by atoms with Gasteiger partial charge in [-0.2, -0.15) is 0 Å². The largest absolute Gasteiger partial charge is 0.468 e. The van der Waals surface area contributed by atoms with E-state index in [9.17, 15) is 5.11 Å². The van der Waals surface area contributed by atoms with E-state index >= 15 is 0 Å². The second-order valence-corrected chi connectivity index (χ2v) is 7.38. The molecule has 0 amide bonds. The Labute approximate surface area is 172 Å². The number of aliphatic hydroxyl groups is 1. The summed E-state index contributed by atoms with van der Waals surface area (Å²) in [6, 6.07) is 28.7. The minimum Gasteiger partial charge on any atom is -0.468 e. The van der Waals surface area contributed by atoms with Crippen LogP contribution in [0.2, 0.25) is 0 Å². The fourth-order valence-electron chi connectivity index (χ4n) is 3.39. The maximum atomic E-state index is 12.1. The predicted octanol–water partition coefficient (Wildman–Crippen LogP) is 6.00. The number of benzene rings is 3. The Morgan fingerprint density at radius 1 is 0.821 bits per heavy atom. The maximum absolute atomic E-state index is 12.1. The molecule has 3 nitrogen and oxygen atoms in total. The Bertz CT molecular complexity index is 1010. The van der Waals surface area contributed by atoms with Crippen molar-refractivity contribution in [3.8, 4) is 17.3 Å². The summed E-state index contributed by atoms with van der Waals surface area (Å²) >= 11 is 3.46. The monoisotopic (exact) mass is 434 g/mol. The molecular formula is C24H19BrO3. The average molecular weight is 435 g/mol. The Morgan fingerprint density at radius 2 is 1.36 bits per heavy atom. The molecule has 4 rings (SSSR count). The van der Waals surface area contributed by atoms with Crippen molar-refractivity contribution in [1.82, 2.24) is 0 Å². The van der Waals surface area contributed by atoms with Gasteiger partial charge in [-0.1, -0.05) is 88.7 Å². The van der Waals surface area contributed by atoms with Gasteiger partial charge in [-0.25, -0.2) is 0 Å². The van der Waals surface area contributed by atoms with Crippen LogP contribution in [0, 0.1) is 0 Å². The molecule has 0 unspecified atom stereocenters. The summed E-state index contributed by atoms with van der Waals surface area (Å²) in [4.78, 5) is 0. The number of rotatable bonds is 5. The van der Waals surface area contributed by atoms with Crippen molar-refractivity contribution in [1.29, 1.82) is 0 Å². The zero-order valence-electron chi connectivity index (χ0n) is 15.3. The van der Waals surface area contributed by atoms with Gasteiger partial charge in [0.15, 0.2) is 0 Å². The molecule has 0 spiro atoms. The fraction of sp³-hybridized carbons (Fsp3) is 0.0833. The van der Waals surface area contributed by atoms with Gasteiger partial charge < -0.3 is 14.3 Å². The molecule has 3 aromatic carbocycles. The summed E-state index contributed by atoms with van der Waals surface area (Å²) in [7, 11) is 1.55. The summed E-state index contributed by atoms with van der Waals surface area (Å²) in [5.74, 6) is 0.915. The smallest absolute Gasteiger partial charge is 0.284 e. The van der Waals surface area contributed by atoms with Crippen LogP contribution < -0.4 is 4.74 Å². The van der Waals surface area contributed by atoms with Crippen LogP contribution in [0.15, 0.2) is 99.9 Å². The van der Waals surface area contributed by atoms with Crippen molar-refractivity contribution in [3.63, 3.8) is 0 Å². The lowest BCUT2D eigenvalue weighted by Gasteiger charge is -2.29. The molecule has 4 heteroatoms. The molecule has 140 valence electrons. The molecule has 1 aromatic heterocycles. The first-order valence-electron chi connectivity index (χ1n) is 8.90. The first-order chi connectivity index (χ1) is 13.6. The Kier molecular flexibility index (Phi) is 5.07. The molecule has 28 heavy (non-hydrogen) atoms. The average Bonchev–Trinajstić information content (AvgIpc) is 3.20. The van der Waals surface area contributed by atoms with Gasteiger partial charge in [0.1, 0.15) is 11.4 Å². The van der Waals surface area contributed by atoms with E-state index in [1.54, 1.807) is 13.2 Å². The van der Waals surface area contributed by atoms with Gasteiger partial charge in [0.05, 0.1) is 7.11 Å². The maximum Gasteiger partial charge on any atom is 0.284 e. The number of hydrogen-bond acceptors (Lipinski definition) is 3. The van der Waals surface area contributed by atoms with E-state index < -0.39 is 5.60 Å². The first-order valence-corrected chi connectivity index (χ1v) is 9.70. The van der Waals surface area contributed by atoms with Gasteiger partial charge in [-0.15, -0.1) is 0 Å². The SMILES string of the molecule is COc1cc(C(O)(c2ccccc2)c2ccccc2)c(-c2ccc(Br)cc2)o1. The van der Waals surface area contributed by atoms with E-state index in [4.69, 9.17) is 9.15 Å². The van der Waals surface area contributed by atoms with E-state index in [0.29, 0.717) is 17.3 Å². The van der Waals surface area contributed by atoms with Crippen LogP contribution in [0.1, 0.15) is 16.7 Å². The Morgan fingerprint density at radius 3 is 1.86 bits per heavy atom. The van der Waals surface area contributed by atoms with Crippen molar-refractivity contribution in [2.75, 3.05) is 7.11 Å². The molecule has 0 saturated carbocycles. The van der Waals surface area contributed by atoms with E-state index in [-0.39, 0.29) is 0 Å². The number of halogens is 1. The molecule has 0 saturated heterocycles. The van der Waals surface area contributed by atoms with Crippen molar-refractivity contribution >= 4 is 15.9 Å². The fourth-order valence-corrected chi connectivity index (χ4v) is 3.65. The van der Waals surface area contributed by atoms with Crippen LogP contribution in [0.4, 0.5) is 0 Å². The number of ether oxygens (including phenoxy) is 1. The molecule has 0 bridgehead atoms. The summed E-state index contributed by atoms with van der Waals surface area (Å²) in [6.45, 7) is 0. The lowest BCUT2D eigenvalue weighted by molar-refractivity contribution is 0.126. The van der Waals surface area contributed by atoms with Crippen molar-refractivity contribution in [2.45, 2.75) is 5.60 Å². The lowest BCUT2D eigenvalue weighted by Crippen LogP contribution is -2.29. The van der Waals surface area contributed by atoms with Gasteiger partial charge in [-0.05, 0) is 23.3 Å². The molecular weight excluding hydrogens is 416 g/mol.